The van der Waals surface area contributed by atoms with Crippen LogP contribution in [0.3, 0.4) is 0 Å². The van der Waals surface area contributed by atoms with Crippen molar-refractivity contribution in [2.75, 3.05) is 20.3 Å². The van der Waals surface area contributed by atoms with Crippen LogP contribution in [0.25, 0.3) is 0 Å². The molecule has 1 aromatic heterocycles. The van der Waals surface area contributed by atoms with E-state index >= 15 is 0 Å². The fourth-order valence-electron chi connectivity index (χ4n) is 2.19. The van der Waals surface area contributed by atoms with E-state index < -0.39 is 17.6 Å². The van der Waals surface area contributed by atoms with Crippen molar-refractivity contribution < 1.29 is 27.9 Å². The van der Waals surface area contributed by atoms with Crippen LogP contribution in [0.4, 0.5) is 4.39 Å². The second-order valence-electron chi connectivity index (χ2n) is 5.61. The third kappa shape index (κ3) is 6.14. The molecular weight excluding hydrogens is 393 g/mol. The molecule has 0 bridgehead atoms. The summed E-state index contributed by atoms with van der Waals surface area (Å²) >= 11 is 5.57. The fraction of sp³-hybridized carbons (Fsp3) is 0.333. The van der Waals surface area contributed by atoms with Crippen molar-refractivity contribution >= 4 is 23.3 Å². The highest BCUT2D eigenvalue weighted by molar-refractivity contribution is 6.30. The van der Waals surface area contributed by atoms with Crippen LogP contribution >= 0.6 is 11.6 Å². The molecule has 0 unspecified atom stereocenters. The maximum absolute atomic E-state index is 13.3. The number of benzene rings is 1. The van der Waals surface area contributed by atoms with Crippen LogP contribution in [-0.2, 0) is 20.9 Å². The van der Waals surface area contributed by atoms with Gasteiger partial charge in [0.25, 0.3) is 5.91 Å². The number of allylic oxidation sites excluding steroid dienone is 1. The van der Waals surface area contributed by atoms with Gasteiger partial charge in [0.1, 0.15) is 24.1 Å². The van der Waals surface area contributed by atoms with Crippen molar-refractivity contribution in [1.82, 2.24) is 15.5 Å². The summed E-state index contributed by atoms with van der Waals surface area (Å²) in [4.78, 5) is 24.1. The second kappa shape index (κ2) is 10.5. The Morgan fingerprint density at radius 2 is 2.21 bits per heavy atom. The molecule has 1 aromatic carbocycles. The number of aromatic nitrogens is 2. The topological polar surface area (TPSA) is 104 Å². The lowest BCUT2D eigenvalue weighted by Crippen LogP contribution is -2.31. The van der Waals surface area contributed by atoms with Gasteiger partial charge in [-0.25, -0.2) is 4.39 Å². The summed E-state index contributed by atoms with van der Waals surface area (Å²) in [7, 11) is 1.48. The number of hydrogen-bond donors (Lipinski definition) is 1. The van der Waals surface area contributed by atoms with Crippen molar-refractivity contribution in [3.63, 3.8) is 0 Å². The van der Waals surface area contributed by atoms with Gasteiger partial charge in [-0.2, -0.15) is 0 Å². The minimum Gasteiger partial charge on any atom is -0.484 e. The lowest BCUT2D eigenvalue weighted by atomic mass is 10.0. The minimum atomic E-state index is -0.775. The van der Waals surface area contributed by atoms with Crippen LogP contribution in [0.15, 0.2) is 35.3 Å². The maximum atomic E-state index is 13.3. The summed E-state index contributed by atoms with van der Waals surface area (Å²) in [6, 6.07) is 3.85. The molecule has 1 amide bonds. The number of ether oxygens (including phenoxy) is 2. The minimum absolute atomic E-state index is 0.0278. The van der Waals surface area contributed by atoms with Gasteiger partial charge >= 0.3 is 0 Å². The zero-order chi connectivity index (χ0) is 20.5. The van der Waals surface area contributed by atoms with E-state index in [9.17, 15) is 14.0 Å². The number of amides is 1. The van der Waals surface area contributed by atoms with E-state index in [0.29, 0.717) is 0 Å². The molecule has 0 spiro atoms. The van der Waals surface area contributed by atoms with Crippen LogP contribution in [0.1, 0.15) is 24.1 Å². The molecule has 1 N–H and O–H groups in total. The fourth-order valence-corrected chi connectivity index (χ4v) is 2.31. The number of Topliss-reactive ketones (excluding diaryl/α,β-unsaturated/α-hetero) is 1. The van der Waals surface area contributed by atoms with E-state index in [1.165, 1.54) is 25.3 Å². The van der Waals surface area contributed by atoms with Gasteiger partial charge in [-0.3, -0.25) is 9.59 Å². The van der Waals surface area contributed by atoms with Crippen LogP contribution in [-0.4, -0.2) is 42.1 Å². The Morgan fingerprint density at radius 1 is 1.43 bits per heavy atom. The molecule has 2 rings (SSSR count). The molecule has 28 heavy (non-hydrogen) atoms. The molecule has 2 aromatic rings. The number of ketones is 1. The number of carbonyl (C=O) groups is 2. The molecule has 10 heteroatoms. The third-order valence-corrected chi connectivity index (χ3v) is 3.86. The van der Waals surface area contributed by atoms with E-state index in [0.717, 1.165) is 6.07 Å². The van der Waals surface area contributed by atoms with Crippen molar-refractivity contribution in [3.05, 3.63) is 53.5 Å². The van der Waals surface area contributed by atoms with E-state index in [1.807, 2.05) is 0 Å². The Morgan fingerprint density at radius 3 is 2.89 bits per heavy atom. The first-order valence-corrected chi connectivity index (χ1v) is 8.63. The second-order valence-corrected chi connectivity index (χ2v) is 6.02. The van der Waals surface area contributed by atoms with Crippen LogP contribution < -0.4 is 10.1 Å². The van der Waals surface area contributed by atoms with E-state index in [-0.39, 0.29) is 54.5 Å². The molecule has 0 saturated heterocycles. The van der Waals surface area contributed by atoms with Crippen LogP contribution in [0.5, 0.6) is 5.75 Å². The molecule has 8 nitrogen and oxygen atoms in total. The van der Waals surface area contributed by atoms with Gasteiger partial charge < -0.3 is 19.2 Å². The number of halogens is 2. The zero-order valence-electron chi connectivity index (χ0n) is 15.1. The molecule has 150 valence electrons. The Kier molecular flexibility index (Phi) is 8.09. The average molecular weight is 412 g/mol. The number of nitrogens with one attached hydrogen (secondary N) is 1. The smallest absolute Gasteiger partial charge is 0.257 e. The van der Waals surface area contributed by atoms with Crippen molar-refractivity contribution in [1.29, 1.82) is 0 Å². The lowest BCUT2D eigenvalue weighted by molar-refractivity contribution is -0.123. The van der Waals surface area contributed by atoms with Crippen LogP contribution in [0.2, 0.25) is 5.02 Å². The lowest BCUT2D eigenvalue weighted by Gasteiger charge is -2.09. The van der Waals surface area contributed by atoms with E-state index in [1.54, 1.807) is 0 Å². The van der Waals surface area contributed by atoms with Gasteiger partial charge in [0, 0.05) is 26.1 Å². The first-order valence-electron chi connectivity index (χ1n) is 8.25. The molecule has 0 saturated carbocycles. The number of hydrogen-bond acceptors (Lipinski definition) is 7. The van der Waals surface area contributed by atoms with Gasteiger partial charge in [0.05, 0.1) is 5.02 Å². The van der Waals surface area contributed by atoms with Gasteiger partial charge in [-0.1, -0.05) is 17.7 Å². The third-order valence-electron chi connectivity index (χ3n) is 3.55. The van der Waals surface area contributed by atoms with Crippen molar-refractivity contribution in [2.24, 2.45) is 0 Å². The summed E-state index contributed by atoms with van der Waals surface area (Å²) in [5.74, 6) is -1.59. The van der Waals surface area contributed by atoms with Gasteiger partial charge in [0.15, 0.2) is 12.4 Å². The maximum Gasteiger partial charge on any atom is 0.257 e. The first kappa shape index (κ1) is 21.5. The summed E-state index contributed by atoms with van der Waals surface area (Å²) in [6.07, 6.45) is 1.42. The Hall–Kier alpha value is -2.78. The van der Waals surface area contributed by atoms with Crippen LogP contribution in [0, 0.1) is 5.82 Å². The van der Waals surface area contributed by atoms with Gasteiger partial charge in [0.2, 0.25) is 11.8 Å². The highest BCUT2D eigenvalue weighted by Crippen LogP contribution is 2.20. The van der Waals surface area contributed by atoms with Gasteiger partial charge in [-0.05, 0) is 12.1 Å². The highest BCUT2D eigenvalue weighted by Gasteiger charge is 2.23. The normalized spacial score (nSPS) is 11.7. The van der Waals surface area contributed by atoms with Gasteiger partial charge in [-0.15, -0.1) is 16.8 Å². The standard InChI is InChI=1S/C18H19ClFN3O5/c1-3-12(18-23-22-17(28-18)10-26-2)15(24)6-7-21-16(25)9-27-11-4-5-13(19)14(20)8-11/h3-5,8,12H,1,6-7,9-10H2,2H3,(H,21,25)/t12-/m1/s1. The predicted octanol–water partition coefficient (Wildman–Crippen LogP) is 2.43. The Labute approximate surface area is 165 Å². The highest BCUT2D eigenvalue weighted by atomic mass is 35.5. The first-order chi connectivity index (χ1) is 13.4. The summed E-state index contributed by atoms with van der Waals surface area (Å²) < 4.78 is 28.7. The number of rotatable bonds is 11. The average Bonchev–Trinajstić information content (AvgIpc) is 3.12. The Balaban J connectivity index is 1.77. The Bertz CT molecular complexity index is 842. The number of carbonyl (C=O) groups excluding carboxylic acids is 2. The quantitative estimate of drug-likeness (QED) is 0.566. The monoisotopic (exact) mass is 411 g/mol. The number of methoxy groups -OCH3 is 1. The van der Waals surface area contributed by atoms with Crippen molar-refractivity contribution in [2.45, 2.75) is 18.9 Å². The SMILES string of the molecule is C=C[C@H](C(=O)CCNC(=O)COc1ccc(Cl)c(F)c1)c1nnc(COC)o1. The molecule has 0 radical (unpaired) electrons. The number of nitrogens with zero attached hydrogens (tertiary/aromatic N) is 2. The molecule has 0 aliphatic carbocycles. The molecule has 1 heterocycles. The largest absolute Gasteiger partial charge is 0.484 e. The van der Waals surface area contributed by atoms with E-state index in [2.05, 4.69) is 22.1 Å². The summed E-state index contributed by atoms with van der Waals surface area (Å²) in [5, 5.41) is 10.1. The molecular formula is C18H19ClFN3O5. The molecule has 0 aliphatic rings. The summed E-state index contributed by atoms with van der Waals surface area (Å²) in [5.41, 5.74) is 0. The zero-order valence-corrected chi connectivity index (χ0v) is 15.9. The van der Waals surface area contributed by atoms with Crippen molar-refractivity contribution in [3.8, 4) is 5.75 Å². The summed E-state index contributed by atoms with van der Waals surface area (Å²) in [6.45, 7) is 3.50. The molecule has 1 atom stereocenters. The molecule has 0 aliphatic heterocycles. The molecule has 0 fully saturated rings. The predicted molar refractivity (Wildman–Crippen MR) is 97.5 cm³/mol. The van der Waals surface area contributed by atoms with E-state index in [4.69, 9.17) is 25.5 Å².